The lowest BCUT2D eigenvalue weighted by Gasteiger charge is -2.39. The van der Waals surface area contributed by atoms with Gasteiger partial charge in [0, 0.05) is 45.0 Å². The van der Waals surface area contributed by atoms with Gasteiger partial charge in [0.15, 0.2) is 0 Å². The normalized spacial score (nSPS) is 20.1. The van der Waals surface area contributed by atoms with Gasteiger partial charge in [-0.05, 0) is 24.0 Å². The van der Waals surface area contributed by atoms with Crippen LogP contribution in [0.1, 0.15) is 43.9 Å². The van der Waals surface area contributed by atoms with Crippen molar-refractivity contribution >= 4 is 12.0 Å². The summed E-state index contributed by atoms with van der Waals surface area (Å²) in [5, 5.41) is 6.36. The third kappa shape index (κ3) is 5.35. The number of hydrogen-bond acceptors (Lipinski definition) is 5. The van der Waals surface area contributed by atoms with Crippen LogP contribution < -0.4 is 10.6 Å². The highest BCUT2D eigenvalue weighted by atomic mass is 16.5. The molecule has 2 aliphatic rings. The molecule has 2 heterocycles. The van der Waals surface area contributed by atoms with Gasteiger partial charge >= 0.3 is 12.0 Å². The van der Waals surface area contributed by atoms with Gasteiger partial charge in [-0.1, -0.05) is 44.2 Å². The first-order valence-electron chi connectivity index (χ1n) is 11.1. The largest absolute Gasteiger partial charge is 0.463 e. The van der Waals surface area contributed by atoms with E-state index in [0.29, 0.717) is 30.3 Å². The number of nitrogens with zero attached hydrogens (tertiary/aromatic N) is 2. The summed E-state index contributed by atoms with van der Waals surface area (Å²) in [5.41, 5.74) is 3.28. The smallest absolute Gasteiger partial charge is 0.338 e. The van der Waals surface area contributed by atoms with E-state index in [1.54, 1.807) is 17.9 Å². The molecule has 7 nitrogen and oxygen atoms in total. The second-order valence-electron chi connectivity index (χ2n) is 8.21. The highest BCUT2D eigenvalue weighted by Crippen LogP contribution is 2.33. The molecule has 3 rings (SSSR count). The number of ether oxygens (including phenoxy) is 1. The summed E-state index contributed by atoms with van der Waals surface area (Å²) in [7, 11) is 0. The lowest BCUT2D eigenvalue weighted by Crippen LogP contribution is -2.52. The van der Waals surface area contributed by atoms with Gasteiger partial charge in [-0.25, -0.2) is 9.59 Å². The predicted molar refractivity (Wildman–Crippen MR) is 122 cm³/mol. The van der Waals surface area contributed by atoms with E-state index >= 15 is 0 Å². The summed E-state index contributed by atoms with van der Waals surface area (Å²) in [6.07, 6.45) is 1.68. The maximum Gasteiger partial charge on any atom is 0.338 e. The molecule has 1 aromatic carbocycles. The molecule has 168 valence electrons. The number of benzene rings is 1. The molecule has 1 fully saturated rings. The molecule has 7 heteroatoms. The van der Waals surface area contributed by atoms with Gasteiger partial charge in [-0.2, -0.15) is 0 Å². The van der Waals surface area contributed by atoms with Crippen molar-refractivity contribution in [2.45, 2.75) is 32.7 Å². The van der Waals surface area contributed by atoms with Crippen molar-refractivity contribution in [3.63, 3.8) is 0 Å². The van der Waals surface area contributed by atoms with Gasteiger partial charge in [0.25, 0.3) is 0 Å². The first kappa shape index (κ1) is 23.0. The van der Waals surface area contributed by atoms with Crippen molar-refractivity contribution in [1.82, 2.24) is 20.4 Å². The van der Waals surface area contributed by atoms with Crippen LogP contribution in [-0.4, -0.2) is 67.7 Å². The van der Waals surface area contributed by atoms with Gasteiger partial charge in [-0.15, -0.1) is 6.58 Å². The molecule has 0 spiro atoms. The van der Waals surface area contributed by atoms with Crippen LogP contribution in [0.4, 0.5) is 4.79 Å². The molecule has 2 N–H and O–H groups in total. The van der Waals surface area contributed by atoms with Crippen LogP contribution in [0, 0.1) is 0 Å². The topological polar surface area (TPSA) is 73.9 Å². The van der Waals surface area contributed by atoms with Crippen molar-refractivity contribution < 1.29 is 14.3 Å². The Morgan fingerprint density at radius 2 is 1.94 bits per heavy atom. The molecule has 1 aromatic rings. The van der Waals surface area contributed by atoms with Crippen LogP contribution in [0.15, 0.2) is 48.2 Å². The summed E-state index contributed by atoms with van der Waals surface area (Å²) in [6.45, 7) is 14.5. The Kier molecular flexibility index (Phi) is 7.87. The van der Waals surface area contributed by atoms with Crippen LogP contribution in [0.3, 0.4) is 0 Å². The lowest BCUT2D eigenvalue weighted by atomic mass is 9.92. The number of carbonyl (C=O) groups excluding carboxylic acids is 2. The second kappa shape index (κ2) is 10.6. The third-order valence-corrected chi connectivity index (χ3v) is 5.76. The Morgan fingerprint density at radius 1 is 1.26 bits per heavy atom. The van der Waals surface area contributed by atoms with Gasteiger partial charge < -0.3 is 15.4 Å². The molecule has 1 atom stereocenters. The minimum atomic E-state index is -0.549. The average Bonchev–Trinajstić information content (AvgIpc) is 2.77. The Labute approximate surface area is 185 Å². The molecule has 0 saturated carbocycles. The highest BCUT2D eigenvalue weighted by molar-refractivity contribution is 5.95. The van der Waals surface area contributed by atoms with Crippen LogP contribution >= 0.6 is 0 Å². The third-order valence-electron chi connectivity index (χ3n) is 5.76. The fourth-order valence-corrected chi connectivity index (χ4v) is 4.05. The first-order chi connectivity index (χ1) is 15.0. The number of rotatable bonds is 8. The number of hydrogen-bond donors (Lipinski definition) is 2. The fourth-order valence-electron chi connectivity index (χ4n) is 4.05. The van der Waals surface area contributed by atoms with Gasteiger partial charge in [0.05, 0.1) is 18.2 Å². The first-order valence-corrected chi connectivity index (χ1v) is 11.1. The van der Waals surface area contributed by atoms with Crippen molar-refractivity contribution in [2.75, 3.05) is 45.9 Å². The monoisotopic (exact) mass is 426 g/mol. The minimum Gasteiger partial charge on any atom is -0.463 e. The average molecular weight is 427 g/mol. The van der Waals surface area contributed by atoms with E-state index in [9.17, 15) is 9.59 Å². The van der Waals surface area contributed by atoms with Crippen molar-refractivity contribution in [3.05, 3.63) is 59.3 Å². The lowest BCUT2D eigenvalue weighted by molar-refractivity contribution is -0.139. The Hall–Kier alpha value is -2.64. The Balaban J connectivity index is 2.07. The summed E-state index contributed by atoms with van der Waals surface area (Å²) in [5.74, 6) is 0.0149. The molecule has 31 heavy (non-hydrogen) atoms. The number of carbonyl (C=O) groups is 2. The number of nitrogens with one attached hydrogen (secondary N) is 2. The second-order valence-corrected chi connectivity index (χ2v) is 8.21. The van der Waals surface area contributed by atoms with Crippen molar-refractivity contribution in [2.24, 2.45) is 0 Å². The van der Waals surface area contributed by atoms with E-state index in [0.717, 1.165) is 31.7 Å². The highest BCUT2D eigenvalue weighted by Gasteiger charge is 2.38. The number of piperazine rings is 1. The molecular weight excluding hydrogens is 392 g/mol. The zero-order chi connectivity index (χ0) is 22.4. The van der Waals surface area contributed by atoms with Gasteiger partial charge in [-0.3, -0.25) is 9.80 Å². The molecule has 1 saturated heterocycles. The Morgan fingerprint density at radius 3 is 2.52 bits per heavy atom. The molecule has 0 aliphatic carbocycles. The molecule has 0 aromatic heterocycles. The van der Waals surface area contributed by atoms with Crippen LogP contribution in [-0.2, 0) is 9.53 Å². The molecule has 1 unspecified atom stereocenters. The van der Waals surface area contributed by atoms with E-state index in [2.05, 4.69) is 48.1 Å². The summed E-state index contributed by atoms with van der Waals surface area (Å²) >= 11 is 0. The molecule has 0 radical (unpaired) electrons. The zero-order valence-electron chi connectivity index (χ0n) is 18.8. The molecular formula is C24H34N4O3. The zero-order valence-corrected chi connectivity index (χ0v) is 18.8. The van der Waals surface area contributed by atoms with Crippen molar-refractivity contribution in [1.29, 1.82) is 0 Å². The van der Waals surface area contributed by atoms with Gasteiger partial charge in [0.2, 0.25) is 0 Å². The molecule has 2 aliphatic heterocycles. The van der Waals surface area contributed by atoms with E-state index in [1.165, 1.54) is 5.56 Å². The Bertz CT molecular complexity index is 826. The SMILES string of the molecule is C=CCN1C(=O)NC(c2ccc(C(C)C)cc2)C(C(=O)OCC)=C1CN1CCNCC1. The maximum absolute atomic E-state index is 13.2. The number of amides is 2. The van der Waals surface area contributed by atoms with Crippen LogP contribution in [0.2, 0.25) is 0 Å². The van der Waals surface area contributed by atoms with E-state index in [-0.39, 0.29) is 18.6 Å². The standard InChI is InChI=1S/C24H34N4O3/c1-5-13-28-20(16-27-14-11-25-12-15-27)21(23(29)31-6-2)22(26-24(28)30)19-9-7-18(8-10-19)17(3)4/h5,7-10,17,22,25H,1,6,11-16H2,2-4H3,(H,26,30). The molecule has 0 bridgehead atoms. The predicted octanol–water partition coefficient (Wildman–Crippen LogP) is 2.78. The maximum atomic E-state index is 13.2. The van der Waals surface area contributed by atoms with Crippen LogP contribution in [0.25, 0.3) is 0 Å². The summed E-state index contributed by atoms with van der Waals surface area (Å²) in [6, 6.07) is 7.32. The fraction of sp³-hybridized carbons (Fsp3) is 0.500. The van der Waals surface area contributed by atoms with Gasteiger partial charge in [0.1, 0.15) is 0 Å². The van der Waals surface area contributed by atoms with E-state index in [4.69, 9.17) is 4.74 Å². The van der Waals surface area contributed by atoms with E-state index < -0.39 is 6.04 Å². The number of esters is 1. The van der Waals surface area contributed by atoms with Crippen molar-refractivity contribution in [3.8, 4) is 0 Å². The summed E-state index contributed by atoms with van der Waals surface area (Å²) < 4.78 is 5.44. The summed E-state index contributed by atoms with van der Waals surface area (Å²) in [4.78, 5) is 30.1. The minimum absolute atomic E-state index is 0.226. The van der Waals surface area contributed by atoms with Crippen LogP contribution in [0.5, 0.6) is 0 Å². The molecule has 2 amide bonds. The number of urea groups is 1. The van der Waals surface area contributed by atoms with E-state index in [1.807, 2.05) is 12.1 Å². The quantitative estimate of drug-likeness (QED) is 0.494.